The molecule has 0 aliphatic carbocycles. The summed E-state index contributed by atoms with van der Waals surface area (Å²) in [6, 6.07) is 1.71. The summed E-state index contributed by atoms with van der Waals surface area (Å²) in [5, 5.41) is 7.73. The van der Waals surface area contributed by atoms with Crippen molar-refractivity contribution in [2.45, 2.75) is 6.92 Å². The summed E-state index contributed by atoms with van der Waals surface area (Å²) in [6.07, 6.45) is 3.09. The van der Waals surface area contributed by atoms with Gasteiger partial charge in [-0.1, -0.05) is 0 Å². The molecule has 0 atom stereocenters. The lowest BCUT2D eigenvalue weighted by atomic mass is 10.3. The van der Waals surface area contributed by atoms with Crippen LogP contribution in [0.4, 0.5) is 14.5 Å². The van der Waals surface area contributed by atoms with E-state index in [0.717, 1.165) is 12.1 Å². The van der Waals surface area contributed by atoms with Gasteiger partial charge in [0.25, 0.3) is 5.88 Å². The third-order valence-corrected chi connectivity index (χ3v) is 2.72. The van der Waals surface area contributed by atoms with Gasteiger partial charge in [0.2, 0.25) is 5.65 Å². The quantitative estimate of drug-likeness (QED) is 0.725. The molecular weight excluding hydrogens is 268 g/mol. The number of nitrogens with two attached hydrogens (primary N) is 1. The Hall–Kier alpha value is -2.77. The smallest absolute Gasteiger partial charge is 0.265 e. The summed E-state index contributed by atoms with van der Waals surface area (Å²) in [5.41, 5.74) is 5.28. The van der Waals surface area contributed by atoms with Crippen LogP contribution < -0.4 is 10.5 Å². The molecule has 0 saturated carbocycles. The van der Waals surface area contributed by atoms with Crippen molar-refractivity contribution >= 4 is 11.3 Å². The van der Waals surface area contributed by atoms with Crippen LogP contribution in [0.25, 0.3) is 5.65 Å². The van der Waals surface area contributed by atoms with Gasteiger partial charge in [-0.3, -0.25) is 4.40 Å². The minimum Gasteiger partial charge on any atom is -0.433 e. The number of hydrogen-bond donors (Lipinski definition) is 1. The number of rotatable bonds is 2. The first-order valence-corrected chi connectivity index (χ1v) is 5.65. The predicted molar refractivity (Wildman–Crippen MR) is 66.4 cm³/mol. The van der Waals surface area contributed by atoms with Crippen LogP contribution in [0.3, 0.4) is 0 Å². The van der Waals surface area contributed by atoms with Crippen molar-refractivity contribution in [3.8, 4) is 11.6 Å². The first-order valence-electron chi connectivity index (χ1n) is 5.65. The van der Waals surface area contributed by atoms with Crippen molar-refractivity contribution in [2.75, 3.05) is 5.73 Å². The second-order valence-electron chi connectivity index (χ2n) is 4.08. The summed E-state index contributed by atoms with van der Waals surface area (Å²) in [7, 11) is 0. The van der Waals surface area contributed by atoms with Gasteiger partial charge in [-0.15, -0.1) is 10.2 Å². The first-order chi connectivity index (χ1) is 9.56. The first kappa shape index (κ1) is 12.3. The van der Waals surface area contributed by atoms with Crippen molar-refractivity contribution in [3.63, 3.8) is 0 Å². The fourth-order valence-corrected chi connectivity index (χ4v) is 1.72. The van der Waals surface area contributed by atoms with Gasteiger partial charge in [0.05, 0.1) is 5.69 Å². The van der Waals surface area contributed by atoms with Gasteiger partial charge >= 0.3 is 0 Å². The van der Waals surface area contributed by atoms with Gasteiger partial charge in [0.15, 0.2) is 11.6 Å². The lowest BCUT2D eigenvalue weighted by Gasteiger charge is -2.07. The number of nitrogens with zero attached hydrogens (tertiary/aromatic N) is 4. The third kappa shape index (κ3) is 1.91. The number of hydrogen-bond acceptors (Lipinski definition) is 5. The summed E-state index contributed by atoms with van der Waals surface area (Å²) in [5.74, 6) is -1.24. The lowest BCUT2D eigenvalue weighted by molar-refractivity contribution is 0.424. The van der Waals surface area contributed by atoms with Crippen molar-refractivity contribution in [2.24, 2.45) is 0 Å². The minimum absolute atomic E-state index is 0.0242. The topological polar surface area (TPSA) is 78.3 Å². The van der Waals surface area contributed by atoms with Crippen LogP contribution in [-0.2, 0) is 0 Å². The molecule has 0 spiro atoms. The molecular formula is C12H9F2N5O. The van der Waals surface area contributed by atoms with Gasteiger partial charge < -0.3 is 10.5 Å². The second kappa shape index (κ2) is 4.41. The van der Waals surface area contributed by atoms with E-state index in [1.54, 1.807) is 17.5 Å². The number of anilines is 1. The summed E-state index contributed by atoms with van der Waals surface area (Å²) in [6.45, 7) is 1.74. The van der Waals surface area contributed by atoms with Gasteiger partial charge in [0, 0.05) is 24.5 Å². The Kier molecular flexibility index (Phi) is 2.70. The SMILES string of the molecule is Cc1nnc2c(Oc3cc(F)c(N)cc3F)nccn12. The molecule has 2 aromatic heterocycles. The zero-order valence-electron chi connectivity index (χ0n) is 10.3. The van der Waals surface area contributed by atoms with E-state index in [1.165, 1.54) is 6.20 Å². The highest BCUT2D eigenvalue weighted by Gasteiger charge is 2.14. The lowest BCUT2D eigenvalue weighted by Crippen LogP contribution is -1.98. The van der Waals surface area contributed by atoms with Gasteiger partial charge in [-0.2, -0.15) is 0 Å². The van der Waals surface area contributed by atoms with Crippen LogP contribution in [0.1, 0.15) is 5.82 Å². The Balaban J connectivity index is 2.08. The number of aromatic nitrogens is 4. The molecule has 0 bridgehead atoms. The van der Waals surface area contributed by atoms with E-state index < -0.39 is 11.6 Å². The number of benzene rings is 1. The Morgan fingerprint density at radius 2 is 2.00 bits per heavy atom. The Labute approximate surface area is 111 Å². The highest BCUT2D eigenvalue weighted by Crippen LogP contribution is 2.28. The monoisotopic (exact) mass is 277 g/mol. The maximum Gasteiger partial charge on any atom is 0.265 e. The van der Waals surface area contributed by atoms with Crippen LogP contribution in [0, 0.1) is 18.6 Å². The van der Waals surface area contributed by atoms with Crippen LogP contribution in [0.2, 0.25) is 0 Å². The maximum absolute atomic E-state index is 13.7. The summed E-state index contributed by atoms with van der Waals surface area (Å²) < 4.78 is 33.9. The van der Waals surface area contributed by atoms with Crippen LogP contribution in [0.5, 0.6) is 11.6 Å². The number of fused-ring (bicyclic) bond motifs is 1. The van der Waals surface area contributed by atoms with Crippen LogP contribution in [-0.4, -0.2) is 19.6 Å². The van der Waals surface area contributed by atoms with Crippen molar-refractivity contribution in [3.05, 3.63) is 42.0 Å². The maximum atomic E-state index is 13.7. The average Bonchev–Trinajstić information content (AvgIpc) is 2.79. The summed E-state index contributed by atoms with van der Waals surface area (Å²) in [4.78, 5) is 3.94. The van der Waals surface area contributed by atoms with E-state index in [-0.39, 0.29) is 17.3 Å². The molecule has 0 aliphatic heterocycles. The fraction of sp³-hybridized carbons (Fsp3) is 0.0833. The Morgan fingerprint density at radius 3 is 2.80 bits per heavy atom. The van der Waals surface area contributed by atoms with E-state index in [9.17, 15) is 8.78 Å². The molecule has 0 fully saturated rings. The molecule has 0 unspecified atom stereocenters. The Morgan fingerprint density at radius 1 is 1.20 bits per heavy atom. The average molecular weight is 277 g/mol. The van der Waals surface area contributed by atoms with Crippen LogP contribution in [0.15, 0.2) is 24.5 Å². The molecule has 2 N–H and O–H groups in total. The molecule has 3 rings (SSSR count). The molecule has 6 nitrogen and oxygen atoms in total. The predicted octanol–water partition coefficient (Wildman–Crippen LogP) is 2.09. The normalized spacial score (nSPS) is 10.9. The van der Waals surface area contributed by atoms with E-state index >= 15 is 0 Å². The van der Waals surface area contributed by atoms with Crippen molar-refractivity contribution < 1.29 is 13.5 Å². The van der Waals surface area contributed by atoms with E-state index in [0.29, 0.717) is 11.5 Å². The number of nitrogen functional groups attached to an aromatic ring is 1. The number of halogens is 2. The largest absolute Gasteiger partial charge is 0.433 e. The molecule has 8 heteroatoms. The zero-order valence-corrected chi connectivity index (χ0v) is 10.3. The van der Waals surface area contributed by atoms with Crippen molar-refractivity contribution in [1.82, 2.24) is 19.6 Å². The summed E-state index contributed by atoms with van der Waals surface area (Å²) >= 11 is 0. The standard InChI is InChI=1S/C12H9F2N5O/c1-6-17-18-11-12(16-2-3-19(6)11)20-10-5-7(13)9(15)4-8(10)14/h2-5H,15H2,1H3. The molecule has 0 aliphatic rings. The minimum atomic E-state index is -0.788. The van der Waals surface area contributed by atoms with Gasteiger partial charge in [-0.05, 0) is 6.92 Å². The molecule has 1 aromatic carbocycles. The van der Waals surface area contributed by atoms with Crippen LogP contribution >= 0.6 is 0 Å². The highest BCUT2D eigenvalue weighted by molar-refractivity contribution is 5.51. The zero-order chi connectivity index (χ0) is 14.3. The molecule has 0 radical (unpaired) electrons. The van der Waals surface area contributed by atoms with Gasteiger partial charge in [-0.25, -0.2) is 13.8 Å². The van der Waals surface area contributed by atoms with E-state index in [2.05, 4.69) is 15.2 Å². The molecule has 2 heterocycles. The molecule has 102 valence electrons. The second-order valence-corrected chi connectivity index (χ2v) is 4.08. The Bertz CT molecular complexity index is 802. The fourth-order valence-electron chi connectivity index (χ4n) is 1.72. The van der Waals surface area contributed by atoms with E-state index in [1.807, 2.05) is 0 Å². The van der Waals surface area contributed by atoms with Crippen molar-refractivity contribution in [1.29, 1.82) is 0 Å². The molecule has 0 saturated heterocycles. The highest BCUT2D eigenvalue weighted by atomic mass is 19.1. The third-order valence-electron chi connectivity index (χ3n) is 2.72. The number of ether oxygens (including phenoxy) is 1. The molecule has 20 heavy (non-hydrogen) atoms. The molecule has 0 amide bonds. The number of aryl methyl sites for hydroxylation is 1. The van der Waals surface area contributed by atoms with E-state index in [4.69, 9.17) is 10.5 Å². The molecule has 3 aromatic rings. The van der Waals surface area contributed by atoms with Gasteiger partial charge in [0.1, 0.15) is 11.6 Å².